The SMILES string of the molecule is COC(=O)COc1cccc2c1S[C@@H](c1ccc(C)cc1)[C@@H](OC(C)=O)C(=O)N2CCN(C)C. The van der Waals surface area contributed by atoms with Crippen LogP contribution in [-0.2, 0) is 23.9 Å². The van der Waals surface area contributed by atoms with E-state index in [9.17, 15) is 14.4 Å². The number of fused-ring (bicyclic) bond motifs is 1. The van der Waals surface area contributed by atoms with E-state index in [1.165, 1.54) is 25.8 Å². The van der Waals surface area contributed by atoms with Crippen molar-refractivity contribution >= 4 is 35.3 Å². The molecule has 1 heterocycles. The van der Waals surface area contributed by atoms with Crippen molar-refractivity contribution in [2.24, 2.45) is 0 Å². The number of anilines is 1. The number of rotatable bonds is 8. The molecule has 2 atom stereocenters. The van der Waals surface area contributed by atoms with Crippen LogP contribution in [0.3, 0.4) is 0 Å². The van der Waals surface area contributed by atoms with Crippen LogP contribution in [0.25, 0.3) is 0 Å². The summed E-state index contributed by atoms with van der Waals surface area (Å²) < 4.78 is 16.1. The van der Waals surface area contributed by atoms with Gasteiger partial charge in [-0.3, -0.25) is 9.59 Å². The van der Waals surface area contributed by atoms with Gasteiger partial charge in [0.1, 0.15) is 5.75 Å². The summed E-state index contributed by atoms with van der Waals surface area (Å²) >= 11 is 1.38. The van der Waals surface area contributed by atoms with Crippen LogP contribution in [0.4, 0.5) is 5.69 Å². The van der Waals surface area contributed by atoms with Crippen molar-refractivity contribution in [1.82, 2.24) is 4.90 Å². The second-order valence-corrected chi connectivity index (χ2v) is 9.39. The molecule has 9 heteroatoms. The standard InChI is InChI=1S/C25H30N2O6S/c1-16-9-11-18(12-10-16)23-22(33-17(2)28)25(30)27(14-13-26(3)4)19-7-6-8-20(24(19)34-23)32-15-21(29)31-5/h6-12,22-23H,13-15H2,1-5H3/t22-,23+/m1/s1. The van der Waals surface area contributed by atoms with Gasteiger partial charge in [-0.15, -0.1) is 11.8 Å². The molecule has 182 valence electrons. The lowest BCUT2D eigenvalue weighted by Crippen LogP contribution is -2.45. The topological polar surface area (TPSA) is 85.4 Å². The lowest BCUT2D eigenvalue weighted by molar-refractivity contribution is -0.152. The number of nitrogens with zero attached hydrogens (tertiary/aromatic N) is 2. The van der Waals surface area contributed by atoms with Crippen LogP contribution in [0.5, 0.6) is 5.75 Å². The molecule has 1 aliphatic rings. The number of ether oxygens (including phenoxy) is 3. The third-order valence-electron chi connectivity index (χ3n) is 5.32. The van der Waals surface area contributed by atoms with E-state index in [4.69, 9.17) is 14.2 Å². The summed E-state index contributed by atoms with van der Waals surface area (Å²) in [5, 5.41) is -0.511. The molecule has 0 aromatic heterocycles. The number of benzene rings is 2. The summed E-state index contributed by atoms with van der Waals surface area (Å²) in [7, 11) is 5.14. The fourth-order valence-corrected chi connectivity index (χ4v) is 4.94. The average molecular weight is 487 g/mol. The van der Waals surface area contributed by atoms with Crippen molar-refractivity contribution in [3.05, 3.63) is 53.6 Å². The van der Waals surface area contributed by atoms with Gasteiger partial charge in [0, 0.05) is 20.0 Å². The largest absolute Gasteiger partial charge is 0.481 e. The fourth-order valence-electron chi connectivity index (χ4n) is 3.56. The maximum atomic E-state index is 13.8. The minimum atomic E-state index is -1.03. The van der Waals surface area contributed by atoms with E-state index >= 15 is 0 Å². The van der Waals surface area contributed by atoms with Crippen molar-refractivity contribution in [2.75, 3.05) is 45.8 Å². The van der Waals surface area contributed by atoms with Crippen LogP contribution in [0, 0.1) is 6.92 Å². The van der Waals surface area contributed by atoms with Crippen molar-refractivity contribution < 1.29 is 28.6 Å². The normalized spacial score (nSPS) is 17.7. The molecular formula is C25H30N2O6S. The van der Waals surface area contributed by atoms with Gasteiger partial charge in [0.25, 0.3) is 5.91 Å². The lowest BCUT2D eigenvalue weighted by Gasteiger charge is -2.28. The number of hydrogen-bond acceptors (Lipinski definition) is 8. The van der Waals surface area contributed by atoms with Gasteiger partial charge in [-0.2, -0.15) is 0 Å². The van der Waals surface area contributed by atoms with Gasteiger partial charge >= 0.3 is 11.9 Å². The predicted octanol–water partition coefficient (Wildman–Crippen LogP) is 3.22. The van der Waals surface area contributed by atoms with E-state index < -0.39 is 23.3 Å². The van der Waals surface area contributed by atoms with Gasteiger partial charge in [-0.25, -0.2) is 4.79 Å². The zero-order valence-corrected chi connectivity index (χ0v) is 20.9. The minimum absolute atomic E-state index is 0.262. The Morgan fingerprint density at radius 3 is 2.44 bits per heavy atom. The molecule has 3 rings (SSSR count). The molecule has 34 heavy (non-hydrogen) atoms. The van der Waals surface area contributed by atoms with Crippen molar-refractivity contribution in [3.63, 3.8) is 0 Å². The van der Waals surface area contributed by atoms with Gasteiger partial charge < -0.3 is 24.0 Å². The highest BCUT2D eigenvalue weighted by Crippen LogP contribution is 2.50. The van der Waals surface area contributed by atoms with Crippen LogP contribution in [-0.4, -0.2) is 69.8 Å². The number of aryl methyl sites for hydroxylation is 1. The summed E-state index contributed by atoms with van der Waals surface area (Å²) in [6.07, 6.45) is -1.03. The van der Waals surface area contributed by atoms with Crippen LogP contribution in [0.15, 0.2) is 47.4 Å². The summed E-state index contributed by atoms with van der Waals surface area (Å²) in [5.74, 6) is -0.892. The molecule has 0 radical (unpaired) electrons. The van der Waals surface area contributed by atoms with E-state index in [0.717, 1.165) is 11.1 Å². The average Bonchev–Trinajstić information content (AvgIpc) is 2.91. The quantitative estimate of drug-likeness (QED) is 0.526. The van der Waals surface area contributed by atoms with Crippen molar-refractivity contribution in [1.29, 1.82) is 0 Å². The van der Waals surface area contributed by atoms with Crippen molar-refractivity contribution in [2.45, 2.75) is 30.1 Å². The molecule has 1 aliphatic heterocycles. The van der Waals surface area contributed by atoms with E-state index in [2.05, 4.69) is 0 Å². The first-order valence-corrected chi connectivity index (χ1v) is 11.8. The number of hydrogen-bond donors (Lipinski definition) is 0. The molecule has 0 spiro atoms. The van der Waals surface area contributed by atoms with Crippen LogP contribution in [0.1, 0.15) is 23.3 Å². The van der Waals surface area contributed by atoms with Gasteiger partial charge in [-0.05, 0) is 38.7 Å². The Kier molecular flexibility index (Phi) is 8.57. The molecule has 1 amide bonds. The Hall–Kier alpha value is -3.04. The zero-order chi connectivity index (χ0) is 24.8. The second-order valence-electron chi connectivity index (χ2n) is 8.24. The summed E-state index contributed by atoms with van der Waals surface area (Å²) in [4.78, 5) is 41.9. The Bertz CT molecular complexity index is 1040. The first-order valence-electron chi connectivity index (χ1n) is 10.9. The third kappa shape index (κ3) is 6.09. The predicted molar refractivity (Wildman–Crippen MR) is 130 cm³/mol. The van der Waals surface area contributed by atoms with Crippen LogP contribution in [0.2, 0.25) is 0 Å². The maximum absolute atomic E-state index is 13.8. The highest BCUT2D eigenvalue weighted by atomic mass is 32.2. The molecule has 2 aromatic carbocycles. The molecule has 8 nitrogen and oxygen atoms in total. The van der Waals surface area contributed by atoms with Crippen LogP contribution < -0.4 is 9.64 Å². The zero-order valence-electron chi connectivity index (χ0n) is 20.1. The number of esters is 2. The molecule has 0 N–H and O–H groups in total. The Balaban J connectivity index is 2.13. The highest BCUT2D eigenvalue weighted by molar-refractivity contribution is 8.00. The smallest absolute Gasteiger partial charge is 0.343 e. The summed E-state index contributed by atoms with van der Waals surface area (Å²) in [5.41, 5.74) is 2.57. The maximum Gasteiger partial charge on any atom is 0.343 e. The van der Waals surface area contributed by atoms with Crippen molar-refractivity contribution in [3.8, 4) is 5.75 Å². The first kappa shape index (κ1) is 25.6. The number of carbonyl (C=O) groups excluding carboxylic acids is 3. The molecule has 0 aliphatic carbocycles. The van der Waals surface area contributed by atoms with E-state index in [1.54, 1.807) is 17.0 Å². The number of likely N-dealkylation sites (N-methyl/N-ethyl adjacent to an activating group) is 1. The number of thioether (sulfide) groups is 1. The van der Waals surface area contributed by atoms with Gasteiger partial charge in [-0.1, -0.05) is 35.9 Å². The minimum Gasteiger partial charge on any atom is -0.481 e. The van der Waals surface area contributed by atoms with Gasteiger partial charge in [0.15, 0.2) is 12.7 Å². The summed E-state index contributed by atoms with van der Waals surface area (Å²) in [6.45, 7) is 4.01. The monoisotopic (exact) mass is 486 g/mol. The molecule has 0 bridgehead atoms. The number of amides is 1. The highest BCUT2D eigenvalue weighted by Gasteiger charge is 2.41. The number of methoxy groups -OCH3 is 1. The number of carbonyl (C=O) groups is 3. The molecule has 0 unspecified atom stereocenters. The van der Waals surface area contributed by atoms with Crippen LogP contribution >= 0.6 is 11.8 Å². The second kappa shape index (κ2) is 11.4. The molecule has 0 saturated heterocycles. The molecular weight excluding hydrogens is 456 g/mol. The first-order chi connectivity index (χ1) is 16.2. The summed E-state index contributed by atoms with van der Waals surface area (Å²) in [6, 6.07) is 13.1. The van der Waals surface area contributed by atoms with E-state index in [-0.39, 0.29) is 12.5 Å². The van der Waals surface area contributed by atoms with E-state index in [1.807, 2.05) is 56.3 Å². The van der Waals surface area contributed by atoms with E-state index in [0.29, 0.717) is 29.4 Å². The Morgan fingerprint density at radius 2 is 1.82 bits per heavy atom. The molecule has 2 aromatic rings. The molecule has 0 fully saturated rings. The van der Waals surface area contributed by atoms with Gasteiger partial charge in [0.2, 0.25) is 0 Å². The third-order valence-corrected chi connectivity index (χ3v) is 6.74. The van der Waals surface area contributed by atoms with Gasteiger partial charge in [0.05, 0.1) is 22.9 Å². The Morgan fingerprint density at radius 1 is 1.12 bits per heavy atom. The fraction of sp³-hybridized carbons (Fsp3) is 0.400. The lowest BCUT2D eigenvalue weighted by atomic mass is 10.0. The Labute approximate surface area is 204 Å². The molecule has 0 saturated carbocycles.